The van der Waals surface area contributed by atoms with Crippen LogP contribution in [0.4, 0.5) is 5.82 Å². The topological polar surface area (TPSA) is 47.0 Å². The molecule has 0 bridgehead atoms. The van der Waals surface area contributed by atoms with Gasteiger partial charge in [0.15, 0.2) is 0 Å². The Morgan fingerprint density at radius 2 is 1.48 bits per heavy atom. The lowest BCUT2D eigenvalue weighted by atomic mass is 10.0. The number of ether oxygens (including phenoxy) is 1. The fourth-order valence-electron chi connectivity index (χ4n) is 2.76. The Morgan fingerprint density at radius 3 is 2.00 bits per heavy atom. The summed E-state index contributed by atoms with van der Waals surface area (Å²) in [5.41, 5.74) is 3.47. The molecule has 140 valence electrons. The lowest BCUT2D eigenvalue weighted by Gasteiger charge is -2.18. The van der Waals surface area contributed by atoms with Crippen molar-refractivity contribution in [3.63, 3.8) is 0 Å². The predicted molar refractivity (Wildman–Crippen MR) is 113 cm³/mol. The second kappa shape index (κ2) is 9.18. The quantitative estimate of drug-likeness (QED) is 0.530. The molecule has 0 aliphatic rings. The number of nitrogens with one attached hydrogen (secondary N) is 1. The number of benzene rings is 2. The highest BCUT2D eigenvalue weighted by atomic mass is 35.5. The van der Waals surface area contributed by atoms with E-state index in [0.717, 1.165) is 28.9 Å². The van der Waals surface area contributed by atoms with Crippen LogP contribution in [0.25, 0.3) is 22.5 Å². The van der Waals surface area contributed by atoms with Gasteiger partial charge in [0, 0.05) is 28.3 Å². The maximum atomic E-state index is 6.05. The predicted octanol–water partition coefficient (Wildman–Crippen LogP) is 5.95. The van der Waals surface area contributed by atoms with Crippen molar-refractivity contribution in [1.82, 2.24) is 9.97 Å². The van der Waals surface area contributed by atoms with Crippen LogP contribution >= 0.6 is 23.2 Å². The zero-order valence-electron chi connectivity index (χ0n) is 15.2. The third-order valence-electron chi connectivity index (χ3n) is 4.22. The molecule has 1 unspecified atom stereocenters. The molecule has 3 aromatic rings. The number of halogens is 2. The molecule has 0 aliphatic carbocycles. The molecule has 1 aromatic heterocycles. The second-order valence-electron chi connectivity index (χ2n) is 6.17. The first-order chi connectivity index (χ1) is 13.1. The number of rotatable bonds is 7. The smallest absolute Gasteiger partial charge is 0.145 e. The van der Waals surface area contributed by atoms with Gasteiger partial charge in [-0.15, -0.1) is 0 Å². The van der Waals surface area contributed by atoms with Gasteiger partial charge in [-0.25, -0.2) is 4.98 Å². The van der Waals surface area contributed by atoms with E-state index < -0.39 is 0 Å². The van der Waals surface area contributed by atoms with E-state index >= 15 is 0 Å². The average Bonchev–Trinajstić information content (AvgIpc) is 2.69. The maximum absolute atomic E-state index is 6.05. The van der Waals surface area contributed by atoms with Crippen molar-refractivity contribution in [2.45, 2.75) is 19.4 Å². The molecule has 2 aromatic carbocycles. The third-order valence-corrected chi connectivity index (χ3v) is 4.72. The number of nitrogens with zero attached hydrogens (tertiary/aromatic N) is 2. The Morgan fingerprint density at radius 1 is 0.926 bits per heavy atom. The van der Waals surface area contributed by atoms with Gasteiger partial charge in [-0.2, -0.15) is 0 Å². The second-order valence-corrected chi connectivity index (χ2v) is 7.04. The van der Waals surface area contributed by atoms with Crippen LogP contribution in [-0.2, 0) is 4.74 Å². The zero-order valence-corrected chi connectivity index (χ0v) is 16.8. The minimum absolute atomic E-state index is 0.170. The van der Waals surface area contributed by atoms with E-state index in [0.29, 0.717) is 22.5 Å². The first-order valence-corrected chi connectivity index (χ1v) is 9.50. The molecule has 0 saturated heterocycles. The van der Waals surface area contributed by atoms with Gasteiger partial charge in [0.1, 0.15) is 5.82 Å². The SMILES string of the molecule is CCC(COC)Nc1cnc(-c2ccc(Cl)cc2)c(-c2ccc(Cl)cc2)n1. The van der Waals surface area contributed by atoms with Gasteiger partial charge in [0.25, 0.3) is 0 Å². The van der Waals surface area contributed by atoms with Gasteiger partial charge in [-0.1, -0.05) is 54.4 Å². The van der Waals surface area contributed by atoms with E-state index in [1.165, 1.54) is 0 Å². The summed E-state index contributed by atoms with van der Waals surface area (Å²) in [7, 11) is 1.69. The summed E-state index contributed by atoms with van der Waals surface area (Å²) in [6.45, 7) is 2.71. The van der Waals surface area contributed by atoms with Gasteiger partial charge < -0.3 is 10.1 Å². The molecule has 0 saturated carbocycles. The van der Waals surface area contributed by atoms with E-state index in [4.69, 9.17) is 32.9 Å². The lowest BCUT2D eigenvalue weighted by molar-refractivity contribution is 0.184. The molecule has 4 nitrogen and oxygen atoms in total. The van der Waals surface area contributed by atoms with Crippen LogP contribution in [0.3, 0.4) is 0 Å². The number of aromatic nitrogens is 2. The van der Waals surface area contributed by atoms with Gasteiger partial charge in [0.2, 0.25) is 0 Å². The highest BCUT2D eigenvalue weighted by Crippen LogP contribution is 2.31. The fraction of sp³-hybridized carbons (Fsp3) is 0.238. The highest BCUT2D eigenvalue weighted by Gasteiger charge is 2.14. The van der Waals surface area contributed by atoms with Crippen LogP contribution in [0, 0.1) is 0 Å². The van der Waals surface area contributed by atoms with Crippen LogP contribution in [-0.4, -0.2) is 29.7 Å². The molecule has 0 radical (unpaired) electrons. The van der Waals surface area contributed by atoms with Crippen molar-refractivity contribution in [3.8, 4) is 22.5 Å². The monoisotopic (exact) mass is 401 g/mol. The third kappa shape index (κ3) is 4.98. The van der Waals surface area contributed by atoms with E-state index in [2.05, 4.69) is 17.2 Å². The Kier molecular flexibility index (Phi) is 6.67. The summed E-state index contributed by atoms with van der Waals surface area (Å²) in [5, 5.41) is 4.76. The van der Waals surface area contributed by atoms with E-state index in [9.17, 15) is 0 Å². The normalized spacial score (nSPS) is 12.0. The summed E-state index contributed by atoms with van der Waals surface area (Å²) in [4.78, 5) is 9.52. The fourth-order valence-corrected chi connectivity index (χ4v) is 3.01. The van der Waals surface area contributed by atoms with Crippen molar-refractivity contribution in [1.29, 1.82) is 0 Å². The van der Waals surface area contributed by atoms with E-state index in [1.807, 2.05) is 48.5 Å². The Bertz CT molecular complexity index is 883. The number of hydrogen-bond donors (Lipinski definition) is 1. The van der Waals surface area contributed by atoms with Gasteiger partial charge >= 0.3 is 0 Å². The van der Waals surface area contributed by atoms with Crippen molar-refractivity contribution in [2.75, 3.05) is 19.0 Å². The summed E-state index contributed by atoms with van der Waals surface area (Å²) in [6, 6.07) is 15.4. The lowest BCUT2D eigenvalue weighted by Crippen LogP contribution is -2.24. The van der Waals surface area contributed by atoms with Crippen LogP contribution in [0.15, 0.2) is 54.7 Å². The largest absolute Gasteiger partial charge is 0.383 e. The summed E-state index contributed by atoms with van der Waals surface area (Å²) < 4.78 is 5.26. The van der Waals surface area contributed by atoms with Crippen LogP contribution in [0.5, 0.6) is 0 Å². The molecule has 1 atom stereocenters. The van der Waals surface area contributed by atoms with Crippen LogP contribution in [0.1, 0.15) is 13.3 Å². The first kappa shape index (κ1) is 19.6. The molecule has 0 aliphatic heterocycles. The summed E-state index contributed by atoms with van der Waals surface area (Å²) in [6.07, 6.45) is 2.67. The number of methoxy groups -OCH3 is 1. The van der Waals surface area contributed by atoms with Crippen LogP contribution in [0.2, 0.25) is 10.0 Å². The Balaban J connectivity index is 2.04. The highest BCUT2D eigenvalue weighted by molar-refractivity contribution is 6.31. The summed E-state index contributed by atoms with van der Waals surface area (Å²) in [5.74, 6) is 0.710. The van der Waals surface area contributed by atoms with Gasteiger partial charge in [0.05, 0.1) is 30.2 Å². The molecule has 0 spiro atoms. The molecule has 27 heavy (non-hydrogen) atoms. The van der Waals surface area contributed by atoms with Crippen molar-refractivity contribution >= 4 is 29.0 Å². The van der Waals surface area contributed by atoms with E-state index in [-0.39, 0.29) is 6.04 Å². The molecule has 0 amide bonds. The molecule has 0 fully saturated rings. The zero-order chi connectivity index (χ0) is 19.2. The van der Waals surface area contributed by atoms with Gasteiger partial charge in [-0.05, 0) is 30.7 Å². The Hall–Kier alpha value is -2.14. The molecular formula is C21H21Cl2N3O. The minimum Gasteiger partial charge on any atom is -0.383 e. The average molecular weight is 402 g/mol. The van der Waals surface area contributed by atoms with Crippen molar-refractivity contribution in [3.05, 3.63) is 64.8 Å². The number of hydrogen-bond acceptors (Lipinski definition) is 4. The molecule has 1 heterocycles. The molecule has 1 N–H and O–H groups in total. The summed E-state index contributed by atoms with van der Waals surface area (Å²) >= 11 is 12.1. The minimum atomic E-state index is 0.170. The van der Waals surface area contributed by atoms with Crippen molar-refractivity contribution < 1.29 is 4.74 Å². The standard InChI is InChI=1S/C21H21Cl2N3O/c1-3-18(13-27-2)25-19-12-24-20(14-4-8-16(22)9-5-14)21(26-19)15-6-10-17(23)11-7-15/h4-12,18H,3,13H2,1-2H3,(H,25,26). The maximum Gasteiger partial charge on any atom is 0.145 e. The number of anilines is 1. The first-order valence-electron chi connectivity index (χ1n) is 8.75. The van der Waals surface area contributed by atoms with Gasteiger partial charge in [-0.3, -0.25) is 4.98 Å². The Labute approximate surface area is 169 Å². The van der Waals surface area contributed by atoms with Crippen LogP contribution < -0.4 is 5.32 Å². The van der Waals surface area contributed by atoms with Crippen molar-refractivity contribution in [2.24, 2.45) is 0 Å². The molecule has 3 rings (SSSR count). The van der Waals surface area contributed by atoms with E-state index in [1.54, 1.807) is 13.3 Å². The molecule has 6 heteroatoms. The molecular weight excluding hydrogens is 381 g/mol.